The van der Waals surface area contributed by atoms with Gasteiger partial charge in [-0.15, -0.1) is 23.5 Å². The Morgan fingerprint density at radius 1 is 0.789 bits per heavy atom. The summed E-state index contributed by atoms with van der Waals surface area (Å²) >= 11 is 3.44. The lowest BCUT2D eigenvalue weighted by Crippen LogP contribution is -2.01. The maximum absolute atomic E-state index is 5.58. The van der Waals surface area contributed by atoms with Crippen LogP contribution in [-0.4, -0.2) is 34.7 Å². The number of rotatable bonds is 8. The molecule has 0 aliphatic carbocycles. The molecule has 0 spiro atoms. The monoisotopic (exact) mass is 292 g/mol. The minimum absolute atomic E-state index is 0.754. The summed E-state index contributed by atoms with van der Waals surface area (Å²) in [5.74, 6) is 1.87. The highest BCUT2D eigenvalue weighted by molar-refractivity contribution is 7.99. The molecule has 3 nitrogen and oxygen atoms in total. The zero-order chi connectivity index (χ0) is 13.2. The Kier molecular flexibility index (Phi) is 6.78. The summed E-state index contributed by atoms with van der Waals surface area (Å²) in [5.41, 5.74) is 0. The van der Waals surface area contributed by atoms with Crippen LogP contribution in [0, 0.1) is 0 Å². The van der Waals surface area contributed by atoms with Gasteiger partial charge in [-0.3, -0.25) is 0 Å². The molecule has 0 radical (unpaired) electrons. The molecule has 0 amide bonds. The normalized spacial score (nSPS) is 10.5. The number of ether oxygens (including phenoxy) is 1. The summed E-state index contributed by atoms with van der Waals surface area (Å²) in [6.07, 6.45) is 3.62. The molecular formula is C14H16N2OS2. The second-order valence-corrected chi connectivity index (χ2v) is 5.88. The van der Waals surface area contributed by atoms with Crippen molar-refractivity contribution in [2.24, 2.45) is 0 Å². The maximum Gasteiger partial charge on any atom is 0.0960 e. The first kappa shape index (κ1) is 14.4. The molecule has 19 heavy (non-hydrogen) atoms. The van der Waals surface area contributed by atoms with E-state index in [9.17, 15) is 0 Å². The fourth-order valence-electron chi connectivity index (χ4n) is 1.38. The van der Waals surface area contributed by atoms with Crippen LogP contribution in [0.5, 0.6) is 0 Å². The molecule has 2 aromatic rings. The summed E-state index contributed by atoms with van der Waals surface area (Å²) in [6, 6.07) is 11.9. The van der Waals surface area contributed by atoms with Crippen LogP contribution >= 0.6 is 23.5 Å². The fourth-order valence-corrected chi connectivity index (χ4v) is 2.82. The molecule has 0 aliphatic heterocycles. The molecule has 0 bridgehead atoms. The average Bonchev–Trinajstić information content (AvgIpc) is 2.48. The van der Waals surface area contributed by atoms with Gasteiger partial charge in [0, 0.05) is 23.9 Å². The SMILES string of the molecule is c1ccc(SCCOCCSc2ccccn2)nc1. The molecule has 0 unspecified atom stereocenters. The Bertz CT molecular complexity index is 410. The predicted molar refractivity (Wildman–Crippen MR) is 80.7 cm³/mol. The van der Waals surface area contributed by atoms with Crippen LogP contribution < -0.4 is 0 Å². The van der Waals surface area contributed by atoms with Gasteiger partial charge in [-0.25, -0.2) is 9.97 Å². The van der Waals surface area contributed by atoms with Gasteiger partial charge in [-0.2, -0.15) is 0 Å². The Morgan fingerprint density at radius 2 is 1.32 bits per heavy atom. The van der Waals surface area contributed by atoms with E-state index in [2.05, 4.69) is 9.97 Å². The van der Waals surface area contributed by atoms with E-state index in [-0.39, 0.29) is 0 Å². The van der Waals surface area contributed by atoms with Crippen molar-refractivity contribution in [2.75, 3.05) is 24.7 Å². The van der Waals surface area contributed by atoms with Gasteiger partial charge in [-0.05, 0) is 24.3 Å². The zero-order valence-electron chi connectivity index (χ0n) is 10.6. The summed E-state index contributed by atoms with van der Waals surface area (Å²) in [5, 5.41) is 2.10. The standard InChI is InChI=1S/C14H16N2OS2/c1-3-7-15-13(5-1)18-11-9-17-10-12-19-14-6-2-4-8-16-14/h1-8H,9-12H2. The molecule has 100 valence electrons. The van der Waals surface area contributed by atoms with Crippen LogP contribution in [0.4, 0.5) is 0 Å². The maximum atomic E-state index is 5.58. The van der Waals surface area contributed by atoms with Crippen LogP contribution in [-0.2, 0) is 4.74 Å². The largest absolute Gasteiger partial charge is 0.380 e. The van der Waals surface area contributed by atoms with E-state index in [1.807, 2.05) is 48.8 Å². The quantitative estimate of drug-likeness (QED) is 0.550. The molecule has 0 N–H and O–H groups in total. The summed E-state index contributed by atoms with van der Waals surface area (Å²) in [6.45, 7) is 1.51. The Hall–Kier alpha value is -1.04. The Balaban J connectivity index is 1.49. The fraction of sp³-hybridized carbons (Fsp3) is 0.286. The van der Waals surface area contributed by atoms with Crippen molar-refractivity contribution in [2.45, 2.75) is 10.1 Å². The molecule has 0 atom stereocenters. The highest BCUT2D eigenvalue weighted by atomic mass is 32.2. The van der Waals surface area contributed by atoms with Crippen molar-refractivity contribution < 1.29 is 4.74 Å². The molecule has 2 rings (SSSR count). The van der Waals surface area contributed by atoms with Crippen LogP contribution in [0.2, 0.25) is 0 Å². The van der Waals surface area contributed by atoms with Crippen molar-refractivity contribution in [1.29, 1.82) is 0 Å². The second kappa shape index (κ2) is 8.96. The number of hydrogen-bond donors (Lipinski definition) is 0. The number of thioether (sulfide) groups is 2. The second-order valence-electron chi connectivity index (χ2n) is 3.65. The summed E-state index contributed by atoms with van der Waals surface area (Å²) in [4.78, 5) is 8.49. The average molecular weight is 292 g/mol. The highest BCUT2D eigenvalue weighted by Crippen LogP contribution is 2.14. The number of hydrogen-bond acceptors (Lipinski definition) is 5. The third kappa shape index (κ3) is 6.09. The van der Waals surface area contributed by atoms with Gasteiger partial charge in [-0.1, -0.05) is 12.1 Å². The van der Waals surface area contributed by atoms with E-state index in [0.717, 1.165) is 34.8 Å². The van der Waals surface area contributed by atoms with E-state index in [1.165, 1.54) is 0 Å². The van der Waals surface area contributed by atoms with Crippen molar-refractivity contribution in [3.05, 3.63) is 48.8 Å². The van der Waals surface area contributed by atoms with E-state index in [1.54, 1.807) is 23.5 Å². The van der Waals surface area contributed by atoms with Crippen LogP contribution in [0.25, 0.3) is 0 Å². The molecule has 0 fully saturated rings. The van der Waals surface area contributed by atoms with Gasteiger partial charge < -0.3 is 4.74 Å². The van der Waals surface area contributed by atoms with Crippen molar-refractivity contribution in [1.82, 2.24) is 9.97 Å². The number of aromatic nitrogens is 2. The topological polar surface area (TPSA) is 35.0 Å². The molecule has 5 heteroatoms. The molecule has 2 heterocycles. The van der Waals surface area contributed by atoms with Crippen molar-refractivity contribution in [3.8, 4) is 0 Å². The minimum Gasteiger partial charge on any atom is -0.380 e. The van der Waals surface area contributed by atoms with Gasteiger partial charge in [0.1, 0.15) is 0 Å². The third-order valence-electron chi connectivity index (χ3n) is 2.23. The Labute approximate surface area is 122 Å². The van der Waals surface area contributed by atoms with Gasteiger partial charge in [0.15, 0.2) is 0 Å². The van der Waals surface area contributed by atoms with Crippen LogP contribution in [0.1, 0.15) is 0 Å². The molecule has 0 saturated carbocycles. The van der Waals surface area contributed by atoms with Crippen LogP contribution in [0.15, 0.2) is 58.8 Å². The smallest absolute Gasteiger partial charge is 0.0960 e. The predicted octanol–water partition coefficient (Wildman–Crippen LogP) is 3.38. The van der Waals surface area contributed by atoms with Gasteiger partial charge in [0.25, 0.3) is 0 Å². The van der Waals surface area contributed by atoms with E-state index in [0.29, 0.717) is 0 Å². The molecule has 0 saturated heterocycles. The van der Waals surface area contributed by atoms with E-state index >= 15 is 0 Å². The van der Waals surface area contributed by atoms with Crippen molar-refractivity contribution in [3.63, 3.8) is 0 Å². The molecule has 2 aromatic heterocycles. The summed E-state index contributed by atoms with van der Waals surface area (Å²) < 4.78 is 5.58. The van der Waals surface area contributed by atoms with Crippen LogP contribution in [0.3, 0.4) is 0 Å². The lowest BCUT2D eigenvalue weighted by molar-refractivity contribution is 0.167. The summed E-state index contributed by atoms with van der Waals surface area (Å²) in [7, 11) is 0. The van der Waals surface area contributed by atoms with E-state index < -0.39 is 0 Å². The first-order valence-corrected chi connectivity index (χ1v) is 8.08. The number of pyridine rings is 2. The zero-order valence-corrected chi connectivity index (χ0v) is 12.2. The lowest BCUT2D eigenvalue weighted by atomic mass is 10.5. The molecule has 0 aliphatic rings. The minimum atomic E-state index is 0.754. The molecular weight excluding hydrogens is 276 g/mol. The van der Waals surface area contributed by atoms with Crippen molar-refractivity contribution >= 4 is 23.5 Å². The molecule has 0 aromatic carbocycles. The first-order chi connectivity index (χ1) is 9.45. The Morgan fingerprint density at radius 3 is 1.74 bits per heavy atom. The highest BCUT2D eigenvalue weighted by Gasteiger charge is 1.96. The van der Waals surface area contributed by atoms with Gasteiger partial charge >= 0.3 is 0 Å². The van der Waals surface area contributed by atoms with Gasteiger partial charge in [0.05, 0.1) is 23.3 Å². The third-order valence-corrected chi connectivity index (χ3v) is 4.05. The number of nitrogens with zero attached hydrogens (tertiary/aromatic N) is 2. The lowest BCUT2D eigenvalue weighted by Gasteiger charge is -2.03. The first-order valence-electron chi connectivity index (χ1n) is 6.10. The van der Waals surface area contributed by atoms with Gasteiger partial charge in [0.2, 0.25) is 0 Å². The van der Waals surface area contributed by atoms with E-state index in [4.69, 9.17) is 4.74 Å².